The number of allylic oxidation sites excluding steroid dienone is 3. The van der Waals surface area contributed by atoms with E-state index in [2.05, 4.69) is 28.5 Å². The average molecular weight is 553 g/mol. The first-order valence-electron chi connectivity index (χ1n) is 10.7. The van der Waals surface area contributed by atoms with E-state index in [1.807, 2.05) is 0 Å². The van der Waals surface area contributed by atoms with E-state index in [0.717, 1.165) is 11.6 Å². The predicted molar refractivity (Wildman–Crippen MR) is 137 cm³/mol. The summed E-state index contributed by atoms with van der Waals surface area (Å²) in [6.45, 7) is 7.41. The smallest absolute Gasteiger partial charge is 0.426 e. The third-order valence-electron chi connectivity index (χ3n) is 5.54. The first-order chi connectivity index (χ1) is 17.4. The molecule has 12 heteroatoms. The molecule has 2 amide bonds. The van der Waals surface area contributed by atoms with Crippen LogP contribution in [0.1, 0.15) is 27.3 Å². The number of nitrogens with one attached hydrogen (secondary N) is 1. The van der Waals surface area contributed by atoms with Crippen LogP contribution in [0.15, 0.2) is 66.2 Å². The van der Waals surface area contributed by atoms with Crippen molar-refractivity contribution in [1.82, 2.24) is 9.88 Å². The third kappa shape index (κ3) is 6.58. The van der Waals surface area contributed by atoms with Gasteiger partial charge < -0.3 is 15.3 Å². The van der Waals surface area contributed by atoms with E-state index in [9.17, 15) is 27.9 Å². The maximum Gasteiger partial charge on any atom is 0.426 e. The van der Waals surface area contributed by atoms with Crippen LogP contribution in [-0.4, -0.2) is 52.3 Å². The van der Waals surface area contributed by atoms with Crippen LogP contribution in [0.5, 0.6) is 5.75 Å². The number of aromatic nitrogens is 1. The molecular weight excluding hydrogens is 532 g/mol. The fourth-order valence-electron chi connectivity index (χ4n) is 3.67. The standard InChI is InChI=1S/C25H21Cl2F3N4O3/c1-4-7-13(5-2)14-10-19(14)34(3)24(37)20-16(31-12-25(28,29)30)8-6-9-17(20)33-23(36)18-11-15(26)21(35)22(27)32-18/h4-9,11-12,14,19,35H,1-2,10H2,3H3,(H,33,36)/b13-7+,31-12?. The highest BCUT2D eigenvalue weighted by Crippen LogP contribution is 2.43. The quantitative estimate of drug-likeness (QED) is 0.226. The molecule has 194 valence electrons. The van der Waals surface area contributed by atoms with E-state index < -0.39 is 28.9 Å². The number of halogens is 5. The Morgan fingerprint density at radius 2 is 2.00 bits per heavy atom. The zero-order valence-corrected chi connectivity index (χ0v) is 20.9. The van der Waals surface area contributed by atoms with Crippen molar-refractivity contribution >= 4 is 52.6 Å². The number of rotatable bonds is 8. The average Bonchev–Trinajstić information content (AvgIpc) is 3.63. The van der Waals surface area contributed by atoms with Gasteiger partial charge in [-0.2, -0.15) is 13.2 Å². The maximum atomic E-state index is 13.5. The maximum absolute atomic E-state index is 13.5. The van der Waals surface area contributed by atoms with Crippen LogP contribution in [-0.2, 0) is 0 Å². The molecule has 2 aromatic rings. The lowest BCUT2D eigenvalue weighted by Gasteiger charge is -2.21. The molecule has 0 bridgehead atoms. The van der Waals surface area contributed by atoms with Gasteiger partial charge in [0.25, 0.3) is 11.8 Å². The number of aliphatic imine (C=N–C) groups is 1. The lowest BCUT2D eigenvalue weighted by molar-refractivity contribution is -0.0535. The second-order valence-corrected chi connectivity index (χ2v) is 8.78. The van der Waals surface area contributed by atoms with Crippen LogP contribution in [0, 0.1) is 5.92 Å². The van der Waals surface area contributed by atoms with E-state index in [4.69, 9.17) is 23.2 Å². The molecule has 7 nitrogen and oxygen atoms in total. The van der Waals surface area contributed by atoms with Crippen LogP contribution in [0.2, 0.25) is 10.2 Å². The zero-order chi connectivity index (χ0) is 27.5. The molecular formula is C25H21Cl2F3N4O3. The van der Waals surface area contributed by atoms with Crippen molar-refractivity contribution in [3.8, 4) is 5.75 Å². The first-order valence-corrected chi connectivity index (χ1v) is 11.5. The minimum absolute atomic E-state index is 0.0289. The molecule has 0 spiro atoms. The summed E-state index contributed by atoms with van der Waals surface area (Å²) in [5.74, 6) is -2.08. The van der Waals surface area contributed by atoms with Crippen molar-refractivity contribution in [2.75, 3.05) is 12.4 Å². The predicted octanol–water partition coefficient (Wildman–Crippen LogP) is 6.37. The molecule has 0 aliphatic heterocycles. The van der Waals surface area contributed by atoms with Crippen molar-refractivity contribution in [3.05, 3.63) is 82.7 Å². The minimum Gasteiger partial charge on any atom is -0.504 e. The molecule has 1 aromatic carbocycles. The molecule has 2 atom stereocenters. The van der Waals surface area contributed by atoms with Crippen LogP contribution in [0.3, 0.4) is 0 Å². The van der Waals surface area contributed by atoms with Gasteiger partial charge in [0.05, 0.1) is 22.0 Å². The first kappa shape index (κ1) is 27.9. The summed E-state index contributed by atoms with van der Waals surface area (Å²) < 4.78 is 38.6. The van der Waals surface area contributed by atoms with E-state index in [0.29, 0.717) is 6.42 Å². The molecule has 0 saturated heterocycles. The number of carbonyl (C=O) groups excluding carboxylic acids is 2. The summed E-state index contributed by atoms with van der Waals surface area (Å²) in [6, 6.07) is 4.70. The number of carbonyl (C=O) groups is 2. The van der Waals surface area contributed by atoms with Crippen LogP contribution in [0.25, 0.3) is 0 Å². The number of hydrogen-bond donors (Lipinski definition) is 2. The zero-order valence-electron chi connectivity index (χ0n) is 19.4. The second kappa shape index (κ2) is 11.2. The molecule has 1 aromatic heterocycles. The number of alkyl halides is 3. The molecule has 0 radical (unpaired) electrons. The summed E-state index contributed by atoms with van der Waals surface area (Å²) in [5.41, 5.74) is -0.0960. The number of anilines is 1. The number of amides is 2. The van der Waals surface area contributed by atoms with Crippen molar-refractivity contribution < 1.29 is 27.9 Å². The Labute approximate surface area is 220 Å². The van der Waals surface area contributed by atoms with Crippen LogP contribution >= 0.6 is 23.2 Å². The van der Waals surface area contributed by atoms with Gasteiger partial charge in [-0.15, -0.1) is 0 Å². The second-order valence-electron chi connectivity index (χ2n) is 8.01. The largest absolute Gasteiger partial charge is 0.504 e. The fourth-order valence-corrected chi connectivity index (χ4v) is 4.11. The Morgan fingerprint density at radius 1 is 1.30 bits per heavy atom. The Bertz CT molecular complexity index is 1300. The molecule has 37 heavy (non-hydrogen) atoms. The number of benzene rings is 1. The molecule has 1 saturated carbocycles. The van der Waals surface area contributed by atoms with Crippen molar-refractivity contribution in [1.29, 1.82) is 0 Å². The molecule has 1 heterocycles. The Hall–Kier alpha value is -3.63. The number of hydrogen-bond acceptors (Lipinski definition) is 5. The molecule has 1 aliphatic carbocycles. The lowest BCUT2D eigenvalue weighted by Crippen LogP contribution is -2.31. The van der Waals surface area contributed by atoms with E-state index in [-0.39, 0.29) is 45.8 Å². The third-order valence-corrected chi connectivity index (χ3v) is 6.09. The van der Waals surface area contributed by atoms with Crippen LogP contribution < -0.4 is 5.32 Å². The van der Waals surface area contributed by atoms with Gasteiger partial charge in [-0.25, -0.2) is 4.98 Å². The van der Waals surface area contributed by atoms with E-state index >= 15 is 0 Å². The van der Waals surface area contributed by atoms with Gasteiger partial charge in [-0.1, -0.05) is 60.7 Å². The van der Waals surface area contributed by atoms with Crippen molar-refractivity contribution in [2.24, 2.45) is 10.9 Å². The molecule has 1 aliphatic rings. The Balaban J connectivity index is 2.00. The lowest BCUT2D eigenvalue weighted by atomic mass is 10.1. The minimum atomic E-state index is -4.73. The topological polar surface area (TPSA) is 94.9 Å². The summed E-state index contributed by atoms with van der Waals surface area (Å²) in [5, 5.41) is 11.5. The van der Waals surface area contributed by atoms with Gasteiger partial charge in [0.1, 0.15) is 11.9 Å². The van der Waals surface area contributed by atoms with Gasteiger partial charge >= 0.3 is 6.18 Å². The highest BCUT2D eigenvalue weighted by Gasteiger charge is 2.44. The number of aromatic hydroxyl groups is 1. The summed E-state index contributed by atoms with van der Waals surface area (Å²) in [6.07, 6.45) is 0.652. The van der Waals surface area contributed by atoms with Crippen molar-refractivity contribution in [2.45, 2.75) is 18.6 Å². The molecule has 2 N–H and O–H groups in total. The van der Waals surface area contributed by atoms with Gasteiger partial charge in [0.2, 0.25) is 0 Å². The Kier molecular flexibility index (Phi) is 8.45. The molecule has 1 fully saturated rings. The van der Waals surface area contributed by atoms with Crippen molar-refractivity contribution in [3.63, 3.8) is 0 Å². The molecule has 3 rings (SSSR count). The highest BCUT2D eigenvalue weighted by molar-refractivity contribution is 6.36. The monoisotopic (exact) mass is 552 g/mol. The Morgan fingerprint density at radius 3 is 2.59 bits per heavy atom. The van der Waals surface area contributed by atoms with Gasteiger partial charge in [-0.3, -0.25) is 14.6 Å². The van der Waals surface area contributed by atoms with Crippen LogP contribution in [0.4, 0.5) is 24.5 Å². The molecule has 2 unspecified atom stereocenters. The summed E-state index contributed by atoms with van der Waals surface area (Å²) in [4.78, 5) is 35.0. The van der Waals surface area contributed by atoms with E-state index in [1.54, 1.807) is 18.2 Å². The fraction of sp³-hybridized carbons (Fsp3) is 0.200. The summed E-state index contributed by atoms with van der Waals surface area (Å²) >= 11 is 11.6. The highest BCUT2D eigenvalue weighted by atomic mass is 35.5. The van der Waals surface area contributed by atoms with Gasteiger partial charge in [0, 0.05) is 19.0 Å². The normalized spacial score (nSPS) is 17.4. The number of pyridine rings is 1. The van der Waals surface area contributed by atoms with Gasteiger partial charge in [0.15, 0.2) is 10.9 Å². The summed E-state index contributed by atoms with van der Waals surface area (Å²) in [7, 11) is 1.51. The van der Waals surface area contributed by atoms with Gasteiger partial charge in [-0.05, 0) is 30.2 Å². The van der Waals surface area contributed by atoms with E-state index in [1.165, 1.54) is 30.1 Å². The number of nitrogens with zero attached hydrogens (tertiary/aromatic N) is 3. The SMILES string of the molecule is C=C/C=C(\C=C)C1CC1N(C)C(=O)c1c(N=CC(F)(F)F)cccc1NC(=O)c1cc(Cl)c(O)c(Cl)n1.